The average Bonchev–Trinajstić information content (AvgIpc) is 2.95. The Balaban J connectivity index is 2.12. The van der Waals surface area contributed by atoms with Crippen LogP contribution in [0, 0.1) is 6.92 Å². The third-order valence-electron chi connectivity index (χ3n) is 2.82. The molecule has 0 aliphatic carbocycles. The number of hydrogen-bond acceptors (Lipinski definition) is 5. The molecule has 0 aliphatic heterocycles. The molecule has 2 rings (SSSR count). The Morgan fingerprint density at radius 1 is 1.52 bits per heavy atom. The SMILES string of the molecule is Cc1csc(C(=O)O)c1S(=O)(=O)NCCc1ccn(C)n1. The smallest absolute Gasteiger partial charge is 0.347 e. The van der Waals surface area contributed by atoms with Crippen molar-refractivity contribution in [2.45, 2.75) is 18.2 Å². The van der Waals surface area contributed by atoms with Gasteiger partial charge in [0.2, 0.25) is 10.0 Å². The summed E-state index contributed by atoms with van der Waals surface area (Å²) in [5.41, 5.74) is 1.20. The van der Waals surface area contributed by atoms with E-state index in [0.29, 0.717) is 12.0 Å². The maximum atomic E-state index is 12.2. The van der Waals surface area contributed by atoms with Gasteiger partial charge in [0.15, 0.2) is 0 Å². The number of carboxylic acid groups (broad SMARTS) is 1. The zero-order chi connectivity index (χ0) is 15.6. The van der Waals surface area contributed by atoms with Gasteiger partial charge in [-0.25, -0.2) is 17.9 Å². The molecule has 0 amide bonds. The topological polar surface area (TPSA) is 101 Å². The molecule has 0 saturated heterocycles. The molecule has 2 aromatic heterocycles. The van der Waals surface area contributed by atoms with Crippen LogP contribution in [0.25, 0.3) is 0 Å². The second-order valence-corrected chi connectivity index (χ2v) is 7.09. The lowest BCUT2D eigenvalue weighted by Crippen LogP contribution is -2.27. The van der Waals surface area contributed by atoms with Crippen LogP contribution in [0.4, 0.5) is 0 Å². The molecule has 0 spiro atoms. The number of nitrogens with zero attached hydrogens (tertiary/aromatic N) is 2. The van der Waals surface area contributed by atoms with Crippen LogP contribution in [0.1, 0.15) is 20.9 Å². The van der Waals surface area contributed by atoms with Gasteiger partial charge in [-0.2, -0.15) is 5.10 Å². The van der Waals surface area contributed by atoms with Crippen LogP contribution >= 0.6 is 11.3 Å². The van der Waals surface area contributed by atoms with Crippen molar-refractivity contribution in [1.29, 1.82) is 0 Å². The first-order chi connectivity index (χ1) is 9.81. The Labute approximate surface area is 126 Å². The van der Waals surface area contributed by atoms with Gasteiger partial charge in [-0.1, -0.05) is 0 Å². The zero-order valence-corrected chi connectivity index (χ0v) is 13.2. The summed E-state index contributed by atoms with van der Waals surface area (Å²) in [6, 6.07) is 1.80. The zero-order valence-electron chi connectivity index (χ0n) is 11.5. The van der Waals surface area contributed by atoms with Crippen LogP contribution in [-0.2, 0) is 23.5 Å². The molecule has 9 heteroatoms. The van der Waals surface area contributed by atoms with Crippen LogP contribution < -0.4 is 4.72 Å². The first-order valence-corrected chi connectivity index (χ1v) is 8.47. The highest BCUT2D eigenvalue weighted by Gasteiger charge is 2.26. The van der Waals surface area contributed by atoms with Crippen LogP contribution in [-0.4, -0.2) is 35.8 Å². The van der Waals surface area contributed by atoms with E-state index in [1.807, 2.05) is 0 Å². The molecule has 2 heterocycles. The van der Waals surface area contributed by atoms with Crippen LogP contribution in [0.3, 0.4) is 0 Å². The third-order valence-corrected chi connectivity index (χ3v) is 5.69. The molecule has 0 radical (unpaired) electrons. The molecule has 2 aromatic rings. The number of carbonyl (C=O) groups is 1. The lowest BCUT2D eigenvalue weighted by Gasteiger charge is -2.07. The Hall–Kier alpha value is -1.71. The predicted octanol–water partition coefficient (Wildman–Crippen LogP) is 1.01. The van der Waals surface area contributed by atoms with Crippen LogP contribution in [0.2, 0.25) is 0 Å². The van der Waals surface area contributed by atoms with E-state index in [4.69, 9.17) is 5.11 Å². The fraction of sp³-hybridized carbons (Fsp3) is 0.333. The summed E-state index contributed by atoms with van der Waals surface area (Å²) in [7, 11) is -2.06. The van der Waals surface area contributed by atoms with E-state index < -0.39 is 16.0 Å². The normalized spacial score (nSPS) is 11.7. The van der Waals surface area contributed by atoms with Crippen LogP contribution in [0.5, 0.6) is 0 Å². The lowest BCUT2D eigenvalue weighted by atomic mass is 10.3. The summed E-state index contributed by atoms with van der Waals surface area (Å²) >= 11 is 0.910. The maximum Gasteiger partial charge on any atom is 0.347 e. The van der Waals surface area contributed by atoms with Crippen molar-refractivity contribution in [3.8, 4) is 0 Å². The molecule has 2 N–H and O–H groups in total. The second-order valence-electron chi connectivity index (χ2n) is 4.51. The number of sulfonamides is 1. The van der Waals surface area contributed by atoms with Gasteiger partial charge >= 0.3 is 5.97 Å². The van der Waals surface area contributed by atoms with Gasteiger partial charge in [-0.05, 0) is 23.9 Å². The van der Waals surface area contributed by atoms with Gasteiger partial charge in [0, 0.05) is 26.2 Å². The molecule has 0 fully saturated rings. The number of hydrogen-bond donors (Lipinski definition) is 2. The molecule has 114 valence electrons. The summed E-state index contributed by atoms with van der Waals surface area (Å²) < 4.78 is 28.5. The summed E-state index contributed by atoms with van der Waals surface area (Å²) in [5, 5.41) is 14.7. The second kappa shape index (κ2) is 5.96. The molecule has 0 saturated carbocycles. The Morgan fingerprint density at radius 3 is 2.81 bits per heavy atom. The molecule has 21 heavy (non-hydrogen) atoms. The summed E-state index contributed by atoms with van der Waals surface area (Å²) in [5.74, 6) is -1.24. The molecule has 0 aliphatic rings. The van der Waals surface area contributed by atoms with Gasteiger partial charge in [-0.3, -0.25) is 4.68 Å². The number of nitrogens with one attached hydrogen (secondary N) is 1. The molecular weight excluding hydrogens is 314 g/mol. The molecule has 0 aromatic carbocycles. The molecular formula is C12H15N3O4S2. The number of aryl methyl sites for hydroxylation is 2. The molecule has 7 nitrogen and oxygen atoms in total. The van der Waals surface area contributed by atoms with Crippen LogP contribution in [0.15, 0.2) is 22.5 Å². The van der Waals surface area contributed by atoms with E-state index in [9.17, 15) is 13.2 Å². The predicted molar refractivity (Wildman–Crippen MR) is 78.1 cm³/mol. The minimum absolute atomic E-state index is 0.152. The number of aromatic nitrogens is 2. The van der Waals surface area contributed by atoms with Gasteiger partial charge in [0.1, 0.15) is 9.77 Å². The van der Waals surface area contributed by atoms with Crippen molar-refractivity contribution in [3.63, 3.8) is 0 Å². The fourth-order valence-electron chi connectivity index (χ4n) is 1.90. The van der Waals surface area contributed by atoms with Gasteiger partial charge in [0.25, 0.3) is 0 Å². The average molecular weight is 329 g/mol. The maximum absolute atomic E-state index is 12.2. The number of carboxylic acids is 1. The van der Waals surface area contributed by atoms with Gasteiger partial charge in [-0.15, -0.1) is 11.3 Å². The minimum atomic E-state index is -3.84. The monoisotopic (exact) mass is 329 g/mol. The van der Waals surface area contributed by atoms with Crippen molar-refractivity contribution in [2.24, 2.45) is 7.05 Å². The van der Waals surface area contributed by atoms with E-state index >= 15 is 0 Å². The summed E-state index contributed by atoms with van der Waals surface area (Å²) in [6.45, 7) is 1.74. The van der Waals surface area contributed by atoms with Crippen molar-refractivity contribution >= 4 is 27.3 Å². The quantitative estimate of drug-likeness (QED) is 0.823. The summed E-state index contributed by atoms with van der Waals surface area (Å²) in [6.07, 6.45) is 2.21. The summed E-state index contributed by atoms with van der Waals surface area (Å²) in [4.78, 5) is 10.8. The highest BCUT2D eigenvalue weighted by Crippen LogP contribution is 2.26. The van der Waals surface area contributed by atoms with Crippen molar-refractivity contribution in [1.82, 2.24) is 14.5 Å². The van der Waals surface area contributed by atoms with Gasteiger partial charge in [0.05, 0.1) is 5.69 Å². The number of thiophene rings is 1. The number of aromatic carboxylic acids is 1. The Kier molecular flexibility index (Phi) is 4.45. The van der Waals surface area contributed by atoms with E-state index in [2.05, 4.69) is 9.82 Å². The highest BCUT2D eigenvalue weighted by atomic mass is 32.2. The molecule has 0 unspecified atom stereocenters. The van der Waals surface area contributed by atoms with Crippen molar-refractivity contribution < 1.29 is 18.3 Å². The minimum Gasteiger partial charge on any atom is -0.477 e. The van der Waals surface area contributed by atoms with Crippen molar-refractivity contribution in [2.75, 3.05) is 6.54 Å². The Morgan fingerprint density at radius 2 is 2.24 bits per heavy atom. The van der Waals surface area contributed by atoms with E-state index in [1.165, 1.54) is 5.38 Å². The molecule has 0 atom stereocenters. The van der Waals surface area contributed by atoms with Crippen molar-refractivity contribution in [3.05, 3.63) is 33.8 Å². The highest BCUT2D eigenvalue weighted by molar-refractivity contribution is 7.89. The first kappa shape index (κ1) is 15.7. The lowest BCUT2D eigenvalue weighted by molar-refractivity contribution is 0.0698. The van der Waals surface area contributed by atoms with Gasteiger partial charge < -0.3 is 5.11 Å². The molecule has 0 bridgehead atoms. The first-order valence-electron chi connectivity index (χ1n) is 6.11. The fourth-order valence-corrected chi connectivity index (χ4v) is 4.56. The third kappa shape index (κ3) is 3.49. The standard InChI is InChI=1S/C12H15N3O4S2/c1-8-7-20-10(12(16)17)11(8)21(18,19)13-5-3-9-4-6-15(2)14-9/h4,6-7,13H,3,5H2,1-2H3,(H,16,17). The van der Waals surface area contributed by atoms with E-state index in [0.717, 1.165) is 17.0 Å². The number of rotatable bonds is 6. The van der Waals surface area contributed by atoms with E-state index in [-0.39, 0.29) is 16.3 Å². The van der Waals surface area contributed by atoms with E-state index in [1.54, 1.807) is 30.9 Å². The largest absolute Gasteiger partial charge is 0.477 e. The Bertz CT molecular complexity index is 761.